The van der Waals surface area contributed by atoms with Crippen LogP contribution in [0.3, 0.4) is 0 Å². The molecule has 1 aromatic carbocycles. The third-order valence-corrected chi connectivity index (χ3v) is 3.54. The van der Waals surface area contributed by atoms with E-state index in [2.05, 4.69) is 16.4 Å². The lowest BCUT2D eigenvalue weighted by molar-refractivity contribution is 0.314. The first-order valence-electron chi connectivity index (χ1n) is 6.85. The average molecular weight is 272 g/mol. The minimum Gasteiger partial charge on any atom is -0.493 e. The molecule has 1 aliphatic heterocycles. The fourth-order valence-corrected chi connectivity index (χ4v) is 2.58. The van der Waals surface area contributed by atoms with Crippen LogP contribution >= 0.6 is 0 Å². The van der Waals surface area contributed by atoms with Crippen molar-refractivity contribution in [2.45, 2.75) is 25.8 Å². The molecule has 2 heterocycles. The van der Waals surface area contributed by atoms with E-state index in [0.29, 0.717) is 12.4 Å². The quantitative estimate of drug-likeness (QED) is 0.843. The van der Waals surface area contributed by atoms with Crippen LogP contribution in [-0.4, -0.2) is 11.6 Å². The number of para-hydroxylation sites is 1. The third-order valence-electron chi connectivity index (χ3n) is 3.54. The molecule has 0 aliphatic carbocycles. The standard InChI is InChI=1S/C16H17FN2O/c1-11-5-2-6-12-13(7-4-10-20-16(11)12)18-15-9-3-8-14(17)19-15/h2-3,5-6,8-9,13H,4,7,10H2,1H3,(H,18,19). The predicted octanol–water partition coefficient (Wildman–Crippen LogP) is 3.85. The van der Waals surface area contributed by atoms with Crippen LogP contribution in [0.5, 0.6) is 5.75 Å². The van der Waals surface area contributed by atoms with Gasteiger partial charge in [0, 0.05) is 5.56 Å². The van der Waals surface area contributed by atoms with Gasteiger partial charge >= 0.3 is 0 Å². The molecule has 3 rings (SSSR count). The van der Waals surface area contributed by atoms with Crippen LogP contribution in [0.2, 0.25) is 0 Å². The number of aryl methyl sites for hydroxylation is 1. The molecule has 0 fully saturated rings. The second kappa shape index (κ2) is 5.49. The zero-order chi connectivity index (χ0) is 13.9. The number of hydrogen-bond acceptors (Lipinski definition) is 3. The monoisotopic (exact) mass is 272 g/mol. The molecule has 0 saturated heterocycles. The molecule has 0 amide bonds. The molecular weight excluding hydrogens is 255 g/mol. The van der Waals surface area contributed by atoms with Gasteiger partial charge in [0.25, 0.3) is 0 Å². The van der Waals surface area contributed by atoms with Gasteiger partial charge in [-0.2, -0.15) is 4.39 Å². The molecule has 2 aromatic rings. The van der Waals surface area contributed by atoms with Crippen LogP contribution in [0.25, 0.3) is 0 Å². The van der Waals surface area contributed by atoms with E-state index in [-0.39, 0.29) is 6.04 Å². The van der Waals surface area contributed by atoms with Gasteiger partial charge in [0.2, 0.25) is 5.95 Å². The van der Waals surface area contributed by atoms with Gasteiger partial charge in [-0.05, 0) is 37.5 Å². The molecule has 0 bridgehead atoms. The molecule has 3 nitrogen and oxygen atoms in total. The molecule has 1 aromatic heterocycles. The Morgan fingerprint density at radius 3 is 2.95 bits per heavy atom. The zero-order valence-corrected chi connectivity index (χ0v) is 11.4. The first kappa shape index (κ1) is 12.9. The lowest BCUT2D eigenvalue weighted by Gasteiger charge is -2.19. The number of anilines is 1. The van der Waals surface area contributed by atoms with E-state index >= 15 is 0 Å². The summed E-state index contributed by atoms with van der Waals surface area (Å²) in [5, 5.41) is 3.31. The summed E-state index contributed by atoms with van der Waals surface area (Å²) in [5.41, 5.74) is 2.25. The molecule has 20 heavy (non-hydrogen) atoms. The minimum atomic E-state index is -0.468. The van der Waals surface area contributed by atoms with Gasteiger partial charge in [0.05, 0.1) is 12.6 Å². The zero-order valence-electron chi connectivity index (χ0n) is 11.4. The predicted molar refractivity (Wildman–Crippen MR) is 76.5 cm³/mol. The molecule has 0 spiro atoms. The molecule has 104 valence electrons. The molecule has 4 heteroatoms. The number of pyridine rings is 1. The van der Waals surface area contributed by atoms with Crippen molar-refractivity contribution in [2.24, 2.45) is 0 Å². The van der Waals surface area contributed by atoms with Gasteiger partial charge in [-0.15, -0.1) is 0 Å². The van der Waals surface area contributed by atoms with E-state index < -0.39 is 5.95 Å². The highest BCUT2D eigenvalue weighted by Crippen LogP contribution is 2.35. The number of ether oxygens (including phenoxy) is 1. The molecule has 1 atom stereocenters. The number of rotatable bonds is 2. The summed E-state index contributed by atoms with van der Waals surface area (Å²) in [6, 6.07) is 11.0. The normalized spacial score (nSPS) is 17.8. The molecule has 1 N–H and O–H groups in total. The van der Waals surface area contributed by atoms with Crippen molar-refractivity contribution in [3.05, 3.63) is 53.5 Å². The van der Waals surface area contributed by atoms with Crippen LogP contribution in [0.15, 0.2) is 36.4 Å². The number of fused-ring (bicyclic) bond motifs is 1. The Morgan fingerprint density at radius 2 is 2.10 bits per heavy atom. The molecule has 1 aliphatic rings. The van der Waals surface area contributed by atoms with E-state index in [4.69, 9.17) is 4.74 Å². The highest BCUT2D eigenvalue weighted by Gasteiger charge is 2.21. The number of aromatic nitrogens is 1. The van der Waals surface area contributed by atoms with Gasteiger partial charge in [-0.3, -0.25) is 0 Å². The van der Waals surface area contributed by atoms with Gasteiger partial charge in [-0.1, -0.05) is 24.3 Å². The number of nitrogens with one attached hydrogen (secondary N) is 1. The van der Waals surface area contributed by atoms with E-state index in [9.17, 15) is 4.39 Å². The largest absolute Gasteiger partial charge is 0.493 e. The van der Waals surface area contributed by atoms with Crippen molar-refractivity contribution in [1.29, 1.82) is 0 Å². The summed E-state index contributed by atoms with van der Waals surface area (Å²) in [4.78, 5) is 3.87. The summed E-state index contributed by atoms with van der Waals surface area (Å²) >= 11 is 0. The summed E-state index contributed by atoms with van der Waals surface area (Å²) in [6.07, 6.45) is 1.90. The van der Waals surface area contributed by atoms with E-state index in [1.54, 1.807) is 12.1 Å². The van der Waals surface area contributed by atoms with Crippen LogP contribution in [0.1, 0.15) is 30.0 Å². The van der Waals surface area contributed by atoms with Crippen molar-refractivity contribution in [2.75, 3.05) is 11.9 Å². The van der Waals surface area contributed by atoms with Crippen LogP contribution in [0, 0.1) is 12.9 Å². The first-order chi connectivity index (χ1) is 9.74. The minimum absolute atomic E-state index is 0.0988. The Morgan fingerprint density at radius 1 is 1.25 bits per heavy atom. The topological polar surface area (TPSA) is 34.1 Å². The second-order valence-corrected chi connectivity index (χ2v) is 5.03. The fraction of sp³-hybridized carbons (Fsp3) is 0.312. The highest BCUT2D eigenvalue weighted by atomic mass is 19.1. The van der Waals surface area contributed by atoms with Gasteiger partial charge in [-0.25, -0.2) is 4.98 Å². The molecule has 0 saturated carbocycles. The van der Waals surface area contributed by atoms with Crippen molar-refractivity contribution in [3.8, 4) is 5.75 Å². The maximum atomic E-state index is 13.2. The van der Waals surface area contributed by atoms with E-state index in [1.165, 1.54) is 6.07 Å². The van der Waals surface area contributed by atoms with Crippen LogP contribution in [0.4, 0.5) is 10.2 Å². The van der Waals surface area contributed by atoms with Crippen molar-refractivity contribution < 1.29 is 9.13 Å². The lowest BCUT2D eigenvalue weighted by atomic mass is 10.00. The smallest absolute Gasteiger partial charge is 0.214 e. The summed E-state index contributed by atoms with van der Waals surface area (Å²) in [5.74, 6) is 1.03. The Labute approximate surface area is 117 Å². The number of hydrogen-bond donors (Lipinski definition) is 1. The Hall–Kier alpha value is -2.10. The fourth-order valence-electron chi connectivity index (χ4n) is 2.58. The molecule has 1 unspecified atom stereocenters. The van der Waals surface area contributed by atoms with E-state index in [0.717, 1.165) is 29.7 Å². The first-order valence-corrected chi connectivity index (χ1v) is 6.85. The Kier molecular flexibility index (Phi) is 3.54. The number of halogens is 1. The molecular formula is C16H17FN2O. The number of nitrogens with zero attached hydrogens (tertiary/aromatic N) is 1. The summed E-state index contributed by atoms with van der Waals surface area (Å²) in [7, 11) is 0. The van der Waals surface area contributed by atoms with Crippen molar-refractivity contribution >= 4 is 5.82 Å². The van der Waals surface area contributed by atoms with Crippen molar-refractivity contribution in [1.82, 2.24) is 4.98 Å². The lowest BCUT2D eigenvalue weighted by Crippen LogP contribution is -2.11. The number of benzene rings is 1. The maximum Gasteiger partial charge on any atom is 0.214 e. The maximum absolute atomic E-state index is 13.2. The Bertz CT molecular complexity index is 615. The Balaban J connectivity index is 1.92. The third kappa shape index (κ3) is 2.59. The summed E-state index contributed by atoms with van der Waals surface area (Å²) in [6.45, 7) is 2.76. The van der Waals surface area contributed by atoms with Gasteiger partial charge < -0.3 is 10.1 Å². The SMILES string of the molecule is Cc1cccc2c1OCCCC2Nc1cccc(F)n1. The van der Waals surface area contributed by atoms with Crippen molar-refractivity contribution in [3.63, 3.8) is 0 Å². The van der Waals surface area contributed by atoms with Gasteiger partial charge in [0.15, 0.2) is 0 Å². The van der Waals surface area contributed by atoms with E-state index in [1.807, 2.05) is 19.1 Å². The van der Waals surface area contributed by atoms with Crippen LogP contribution < -0.4 is 10.1 Å². The summed E-state index contributed by atoms with van der Waals surface area (Å²) < 4.78 is 19.0. The highest BCUT2D eigenvalue weighted by molar-refractivity contribution is 5.47. The average Bonchev–Trinajstić information content (AvgIpc) is 2.63. The molecule has 0 radical (unpaired) electrons. The van der Waals surface area contributed by atoms with Crippen LogP contribution in [-0.2, 0) is 0 Å². The second-order valence-electron chi connectivity index (χ2n) is 5.03. The van der Waals surface area contributed by atoms with Gasteiger partial charge in [0.1, 0.15) is 11.6 Å².